The number of rotatable bonds is 10. The van der Waals surface area contributed by atoms with E-state index in [0.29, 0.717) is 30.9 Å². The van der Waals surface area contributed by atoms with E-state index in [0.717, 1.165) is 17.1 Å². The molecule has 3 atom stereocenters. The number of carbonyl (C=O) groups is 2. The number of aliphatic hydroxyl groups is 1. The maximum Gasteiger partial charge on any atom is 0.275 e. The third-order valence-corrected chi connectivity index (χ3v) is 7.58. The van der Waals surface area contributed by atoms with E-state index in [4.69, 9.17) is 9.47 Å². The van der Waals surface area contributed by atoms with Crippen LogP contribution in [0.4, 0.5) is 5.69 Å². The van der Waals surface area contributed by atoms with E-state index in [-0.39, 0.29) is 36.0 Å². The zero-order chi connectivity index (χ0) is 31.1. The Morgan fingerprint density at radius 2 is 1.84 bits per heavy atom. The summed E-state index contributed by atoms with van der Waals surface area (Å²) in [7, 11) is 2.02. The number of likely N-dealkylation sites (N-methyl/N-ethyl adjacent to an activating group) is 1. The molecular formula is C34H37N5O5. The lowest BCUT2D eigenvalue weighted by Crippen LogP contribution is -2.49. The molecule has 10 heteroatoms. The second kappa shape index (κ2) is 14.1. The fourth-order valence-corrected chi connectivity index (χ4v) is 5.13. The van der Waals surface area contributed by atoms with Crippen molar-refractivity contribution in [2.24, 2.45) is 5.92 Å². The molecule has 44 heavy (non-hydrogen) atoms. The molecule has 0 spiro atoms. The van der Waals surface area contributed by atoms with Gasteiger partial charge in [0, 0.05) is 37.9 Å². The average molecular weight is 596 g/mol. The smallest absolute Gasteiger partial charge is 0.275 e. The van der Waals surface area contributed by atoms with Crippen LogP contribution in [0.1, 0.15) is 40.3 Å². The zero-order valence-corrected chi connectivity index (χ0v) is 25.1. The average Bonchev–Trinajstić information content (AvgIpc) is 3.04. The third-order valence-electron chi connectivity index (χ3n) is 7.58. The number of aromatic nitrogens is 2. The largest absolute Gasteiger partial charge is 0.486 e. The van der Waals surface area contributed by atoms with E-state index in [1.807, 2.05) is 75.5 Å². The predicted octanol–water partition coefficient (Wildman–Crippen LogP) is 4.87. The van der Waals surface area contributed by atoms with Crippen LogP contribution in [-0.2, 0) is 6.54 Å². The third kappa shape index (κ3) is 7.39. The Morgan fingerprint density at radius 3 is 2.55 bits per heavy atom. The molecule has 0 bridgehead atoms. The summed E-state index contributed by atoms with van der Waals surface area (Å²) in [6, 6.07) is 22.3. The number of carbonyl (C=O) groups excluding carboxylic acids is 2. The first-order valence-corrected chi connectivity index (χ1v) is 14.6. The highest BCUT2D eigenvalue weighted by atomic mass is 16.5. The van der Waals surface area contributed by atoms with Gasteiger partial charge in [-0.2, -0.15) is 0 Å². The lowest BCUT2D eigenvalue weighted by molar-refractivity contribution is 0.0343. The van der Waals surface area contributed by atoms with Gasteiger partial charge in [-0.25, -0.2) is 4.98 Å². The molecule has 0 fully saturated rings. The SMILES string of the molecule is C[C@H](CO)N1C[C@H](C)[C@@H](CN(C)Cc2ccc(Oc3ccccc3)cc2)Oc2c(NC(=O)c3cnccn3)cccc2C1=O. The normalized spacial score (nSPS) is 17.2. The summed E-state index contributed by atoms with van der Waals surface area (Å²) >= 11 is 0. The highest BCUT2D eigenvalue weighted by Crippen LogP contribution is 2.35. The predicted molar refractivity (Wildman–Crippen MR) is 167 cm³/mol. The number of hydrogen-bond donors (Lipinski definition) is 2. The second-order valence-corrected chi connectivity index (χ2v) is 11.1. The van der Waals surface area contributed by atoms with E-state index in [9.17, 15) is 14.7 Å². The summed E-state index contributed by atoms with van der Waals surface area (Å²) in [6.07, 6.45) is 3.97. The van der Waals surface area contributed by atoms with Gasteiger partial charge in [0.15, 0.2) is 5.75 Å². The van der Waals surface area contributed by atoms with Crippen molar-refractivity contribution in [2.45, 2.75) is 32.5 Å². The minimum Gasteiger partial charge on any atom is -0.486 e. The molecule has 0 unspecified atom stereocenters. The first-order chi connectivity index (χ1) is 21.3. The summed E-state index contributed by atoms with van der Waals surface area (Å²) in [6.45, 7) is 5.28. The van der Waals surface area contributed by atoms with Gasteiger partial charge >= 0.3 is 0 Å². The quantitative estimate of drug-likeness (QED) is 0.267. The molecule has 1 aliphatic rings. The molecule has 4 aromatic rings. The molecule has 0 aliphatic carbocycles. The Morgan fingerprint density at radius 1 is 1.09 bits per heavy atom. The van der Waals surface area contributed by atoms with Crippen molar-refractivity contribution in [3.05, 3.63) is 108 Å². The van der Waals surface area contributed by atoms with Crippen molar-refractivity contribution in [3.63, 3.8) is 0 Å². The molecule has 3 aromatic carbocycles. The summed E-state index contributed by atoms with van der Waals surface area (Å²) in [5.74, 6) is 1.00. The highest BCUT2D eigenvalue weighted by molar-refractivity contribution is 6.06. The van der Waals surface area contributed by atoms with Crippen LogP contribution >= 0.6 is 0 Å². The number of ether oxygens (including phenoxy) is 2. The van der Waals surface area contributed by atoms with Gasteiger partial charge in [0.25, 0.3) is 11.8 Å². The fraction of sp³-hybridized carbons (Fsp3) is 0.294. The molecular weight excluding hydrogens is 558 g/mol. The molecule has 2 amide bonds. The second-order valence-electron chi connectivity index (χ2n) is 11.1. The Kier molecular flexibility index (Phi) is 9.83. The molecule has 0 saturated heterocycles. The van der Waals surface area contributed by atoms with Crippen molar-refractivity contribution in [1.29, 1.82) is 0 Å². The number of hydrogen-bond acceptors (Lipinski definition) is 8. The summed E-state index contributed by atoms with van der Waals surface area (Å²) in [4.78, 5) is 38.6. The summed E-state index contributed by atoms with van der Waals surface area (Å²) in [5, 5.41) is 12.8. The Bertz CT molecular complexity index is 1550. The molecule has 1 aromatic heterocycles. The maximum atomic E-state index is 13.7. The molecule has 5 rings (SSSR count). The Labute approximate surface area is 257 Å². The van der Waals surface area contributed by atoms with Crippen LogP contribution < -0.4 is 14.8 Å². The van der Waals surface area contributed by atoms with Gasteiger partial charge in [0.2, 0.25) is 0 Å². The first kappa shape index (κ1) is 30.7. The van der Waals surface area contributed by atoms with Gasteiger partial charge < -0.3 is 24.8 Å². The van der Waals surface area contributed by atoms with Gasteiger partial charge in [-0.05, 0) is 55.9 Å². The van der Waals surface area contributed by atoms with E-state index in [1.165, 1.54) is 18.6 Å². The molecule has 0 saturated carbocycles. The summed E-state index contributed by atoms with van der Waals surface area (Å²) in [5.41, 5.74) is 1.92. The number of anilines is 1. The maximum absolute atomic E-state index is 13.7. The van der Waals surface area contributed by atoms with Crippen molar-refractivity contribution in [2.75, 3.05) is 32.1 Å². The van der Waals surface area contributed by atoms with Crippen LogP contribution in [0.15, 0.2) is 91.4 Å². The van der Waals surface area contributed by atoms with Crippen molar-refractivity contribution in [1.82, 2.24) is 19.8 Å². The van der Waals surface area contributed by atoms with Gasteiger partial charge in [-0.3, -0.25) is 19.5 Å². The zero-order valence-electron chi connectivity index (χ0n) is 25.1. The topological polar surface area (TPSA) is 117 Å². The van der Waals surface area contributed by atoms with Crippen LogP contribution in [0.3, 0.4) is 0 Å². The van der Waals surface area contributed by atoms with Crippen LogP contribution in [0.25, 0.3) is 0 Å². The monoisotopic (exact) mass is 595 g/mol. The number of aliphatic hydroxyl groups excluding tert-OH is 1. The number of amides is 2. The molecule has 10 nitrogen and oxygen atoms in total. The van der Waals surface area contributed by atoms with Crippen LogP contribution in [0.2, 0.25) is 0 Å². The van der Waals surface area contributed by atoms with E-state index in [1.54, 1.807) is 23.1 Å². The van der Waals surface area contributed by atoms with Gasteiger partial charge in [0.1, 0.15) is 23.3 Å². The van der Waals surface area contributed by atoms with Crippen molar-refractivity contribution < 1.29 is 24.2 Å². The Hall–Kier alpha value is -4.80. The van der Waals surface area contributed by atoms with Crippen LogP contribution in [-0.4, -0.2) is 75.6 Å². The molecule has 0 radical (unpaired) electrons. The lowest BCUT2D eigenvalue weighted by atomic mass is 9.98. The van der Waals surface area contributed by atoms with Gasteiger partial charge in [-0.15, -0.1) is 0 Å². The number of fused-ring (bicyclic) bond motifs is 1. The van der Waals surface area contributed by atoms with Crippen LogP contribution in [0, 0.1) is 5.92 Å². The van der Waals surface area contributed by atoms with E-state index in [2.05, 4.69) is 20.2 Å². The Balaban J connectivity index is 1.36. The molecule has 2 N–H and O–H groups in total. The number of para-hydroxylation sites is 2. The number of nitrogens with one attached hydrogen (secondary N) is 1. The van der Waals surface area contributed by atoms with E-state index < -0.39 is 11.9 Å². The van der Waals surface area contributed by atoms with Crippen molar-refractivity contribution in [3.8, 4) is 17.2 Å². The van der Waals surface area contributed by atoms with Gasteiger partial charge in [-0.1, -0.05) is 43.3 Å². The minimum atomic E-state index is -0.466. The first-order valence-electron chi connectivity index (χ1n) is 14.6. The van der Waals surface area contributed by atoms with Gasteiger partial charge in [0.05, 0.1) is 30.1 Å². The fourth-order valence-electron chi connectivity index (χ4n) is 5.13. The summed E-state index contributed by atoms with van der Waals surface area (Å²) < 4.78 is 12.5. The minimum absolute atomic E-state index is 0.0889. The van der Waals surface area contributed by atoms with Crippen molar-refractivity contribution >= 4 is 17.5 Å². The molecule has 1 aliphatic heterocycles. The standard InChI is InChI=1S/C34H37N5O5/c1-23-19-39(24(2)22-40)34(42)28-10-7-11-29(37-33(41)30-18-35-16-17-36-30)32(28)44-31(23)21-38(3)20-25-12-14-27(15-13-25)43-26-8-5-4-6-9-26/h4-18,23-24,31,40H,19-22H2,1-3H3,(H,37,41)/t23-,24+,31+/m0/s1. The van der Waals surface area contributed by atoms with Crippen LogP contribution in [0.5, 0.6) is 17.2 Å². The van der Waals surface area contributed by atoms with E-state index >= 15 is 0 Å². The highest BCUT2D eigenvalue weighted by Gasteiger charge is 2.34. The number of nitrogens with zero attached hydrogens (tertiary/aromatic N) is 4. The molecule has 2 heterocycles. The number of benzene rings is 3. The molecule has 228 valence electrons. The lowest BCUT2D eigenvalue weighted by Gasteiger charge is -2.38.